The summed E-state index contributed by atoms with van der Waals surface area (Å²) < 4.78 is 0. The predicted molar refractivity (Wildman–Crippen MR) is 134 cm³/mol. The average molecular weight is 515 g/mol. The molecule has 0 spiro atoms. The number of aliphatic carboxylic acids is 1. The molecule has 12 N–H and O–H groups in total. The molecule has 0 aliphatic heterocycles. The number of guanidine groups is 1. The molecule has 0 bridgehead atoms. The minimum absolute atomic E-state index is 0.101. The maximum atomic E-state index is 13.2. The van der Waals surface area contributed by atoms with Crippen LogP contribution in [0.2, 0.25) is 0 Å². The van der Waals surface area contributed by atoms with Gasteiger partial charge in [-0.15, -0.1) is 0 Å². The highest BCUT2D eigenvalue weighted by atomic mass is 16.4. The number of aliphatic imine (C=N–C) groups is 1. The Hall–Kier alpha value is -3.42. The Kier molecular flexibility index (Phi) is 14.7. The fourth-order valence-electron chi connectivity index (χ4n) is 3.24. The molecule has 0 aromatic rings. The third-order valence-electron chi connectivity index (χ3n) is 5.91. The first-order chi connectivity index (χ1) is 16.7. The van der Waals surface area contributed by atoms with E-state index in [0.717, 1.165) is 0 Å². The second-order valence-electron chi connectivity index (χ2n) is 8.87. The van der Waals surface area contributed by atoms with E-state index in [-0.39, 0.29) is 30.8 Å². The van der Waals surface area contributed by atoms with Gasteiger partial charge in [0.2, 0.25) is 23.6 Å². The van der Waals surface area contributed by atoms with Crippen molar-refractivity contribution in [2.24, 2.45) is 39.8 Å². The first-order valence-electron chi connectivity index (χ1n) is 12.0. The van der Waals surface area contributed by atoms with Crippen LogP contribution >= 0.6 is 0 Å². The number of carbonyl (C=O) groups is 5. The van der Waals surface area contributed by atoms with E-state index in [2.05, 4.69) is 20.9 Å². The number of amides is 4. The maximum absolute atomic E-state index is 13.2. The highest BCUT2D eigenvalue weighted by molar-refractivity contribution is 5.95. The summed E-state index contributed by atoms with van der Waals surface area (Å²) >= 11 is 0. The summed E-state index contributed by atoms with van der Waals surface area (Å²) in [5.74, 6) is -4.91. The van der Waals surface area contributed by atoms with Gasteiger partial charge in [0.25, 0.3) is 0 Å². The number of carbonyl (C=O) groups excluding carboxylic acids is 4. The number of hydrogen-bond acceptors (Lipinski definition) is 7. The quantitative estimate of drug-likeness (QED) is 0.0598. The van der Waals surface area contributed by atoms with Crippen molar-refractivity contribution in [2.45, 2.75) is 84.0 Å². The van der Waals surface area contributed by atoms with Crippen LogP contribution in [0.15, 0.2) is 4.99 Å². The zero-order valence-corrected chi connectivity index (χ0v) is 21.5. The van der Waals surface area contributed by atoms with Gasteiger partial charge in [0.15, 0.2) is 5.96 Å². The van der Waals surface area contributed by atoms with E-state index < -0.39 is 60.2 Å². The zero-order valence-electron chi connectivity index (χ0n) is 21.5. The van der Waals surface area contributed by atoms with E-state index in [4.69, 9.17) is 22.9 Å². The monoisotopic (exact) mass is 514 g/mol. The molecule has 0 aliphatic rings. The van der Waals surface area contributed by atoms with Crippen molar-refractivity contribution in [3.8, 4) is 0 Å². The van der Waals surface area contributed by atoms with E-state index in [9.17, 15) is 29.1 Å². The second kappa shape index (κ2) is 16.3. The molecule has 0 heterocycles. The molecule has 206 valence electrons. The van der Waals surface area contributed by atoms with Crippen molar-refractivity contribution in [2.75, 3.05) is 6.54 Å². The highest BCUT2D eigenvalue weighted by Gasteiger charge is 2.33. The van der Waals surface area contributed by atoms with Crippen molar-refractivity contribution in [3.63, 3.8) is 0 Å². The van der Waals surface area contributed by atoms with E-state index in [1.165, 1.54) is 0 Å². The molecule has 0 saturated heterocycles. The number of nitrogens with one attached hydrogen (secondary N) is 3. The smallest absolute Gasteiger partial charge is 0.326 e. The maximum Gasteiger partial charge on any atom is 0.326 e. The fourth-order valence-corrected chi connectivity index (χ4v) is 3.24. The van der Waals surface area contributed by atoms with Crippen LogP contribution in [-0.4, -0.2) is 71.4 Å². The number of carboxylic acid groups (broad SMARTS) is 1. The normalized spacial score (nSPS) is 15.8. The van der Waals surface area contributed by atoms with Crippen molar-refractivity contribution in [3.05, 3.63) is 0 Å². The molecule has 6 unspecified atom stereocenters. The number of hydrogen-bond donors (Lipinski definition) is 8. The molecule has 0 aromatic heterocycles. The van der Waals surface area contributed by atoms with Crippen LogP contribution in [0.5, 0.6) is 0 Å². The van der Waals surface area contributed by atoms with Crippen LogP contribution in [0.3, 0.4) is 0 Å². The summed E-state index contributed by atoms with van der Waals surface area (Å²) in [6, 6.07) is -4.59. The third kappa shape index (κ3) is 11.8. The van der Waals surface area contributed by atoms with Crippen LogP contribution in [-0.2, 0) is 24.0 Å². The SMILES string of the molecule is CCC(C)C(NC(=O)C(CCCN=C(N)N)NC(=O)C(NC(=O)C(N)CC(N)=O)C(C)CC)C(=O)O. The molecule has 0 rings (SSSR count). The summed E-state index contributed by atoms with van der Waals surface area (Å²) in [4.78, 5) is 65.2. The first-order valence-corrected chi connectivity index (χ1v) is 12.0. The molecule has 14 heteroatoms. The summed E-state index contributed by atoms with van der Waals surface area (Å²) in [6.45, 7) is 7.20. The summed E-state index contributed by atoms with van der Waals surface area (Å²) in [5, 5.41) is 17.1. The molecule has 0 aromatic carbocycles. The minimum atomic E-state index is -1.24. The molecule has 4 amide bonds. The van der Waals surface area contributed by atoms with Crippen molar-refractivity contribution >= 4 is 35.6 Å². The Balaban J connectivity index is 5.74. The van der Waals surface area contributed by atoms with Crippen LogP contribution < -0.4 is 38.9 Å². The van der Waals surface area contributed by atoms with E-state index >= 15 is 0 Å². The van der Waals surface area contributed by atoms with Gasteiger partial charge in [-0.1, -0.05) is 40.5 Å². The Morgan fingerprint density at radius 1 is 0.833 bits per heavy atom. The molecular formula is C22H42N8O6. The van der Waals surface area contributed by atoms with Gasteiger partial charge in [0.05, 0.1) is 12.5 Å². The van der Waals surface area contributed by atoms with Gasteiger partial charge in [-0.25, -0.2) is 4.79 Å². The first kappa shape index (κ1) is 32.6. The van der Waals surface area contributed by atoms with Crippen LogP contribution in [0.25, 0.3) is 0 Å². The van der Waals surface area contributed by atoms with E-state index in [1.54, 1.807) is 20.8 Å². The lowest BCUT2D eigenvalue weighted by atomic mass is 9.96. The van der Waals surface area contributed by atoms with Crippen LogP contribution in [0.4, 0.5) is 0 Å². The van der Waals surface area contributed by atoms with Crippen LogP contribution in [0.1, 0.15) is 59.8 Å². The number of carboxylic acids is 1. The number of primary amides is 1. The lowest BCUT2D eigenvalue weighted by Crippen LogP contribution is -2.59. The van der Waals surface area contributed by atoms with Crippen LogP contribution in [0, 0.1) is 11.8 Å². The predicted octanol–water partition coefficient (Wildman–Crippen LogP) is -2.13. The van der Waals surface area contributed by atoms with Gasteiger partial charge in [-0.05, 0) is 24.7 Å². The number of nitrogens with zero attached hydrogens (tertiary/aromatic N) is 1. The van der Waals surface area contributed by atoms with E-state index in [1.807, 2.05) is 6.92 Å². The largest absolute Gasteiger partial charge is 0.480 e. The second-order valence-corrected chi connectivity index (χ2v) is 8.87. The molecular weight excluding hydrogens is 472 g/mol. The van der Waals surface area contributed by atoms with Crippen molar-refractivity contribution < 1.29 is 29.1 Å². The Morgan fingerprint density at radius 2 is 1.36 bits per heavy atom. The summed E-state index contributed by atoms with van der Waals surface area (Å²) in [7, 11) is 0. The van der Waals surface area contributed by atoms with Gasteiger partial charge in [0.1, 0.15) is 18.1 Å². The van der Waals surface area contributed by atoms with Crippen molar-refractivity contribution in [1.82, 2.24) is 16.0 Å². The van der Waals surface area contributed by atoms with Crippen molar-refractivity contribution in [1.29, 1.82) is 0 Å². The van der Waals surface area contributed by atoms with Gasteiger partial charge in [-0.3, -0.25) is 24.2 Å². The summed E-state index contributed by atoms with van der Waals surface area (Å²) in [6.07, 6.45) is 1.01. The molecule has 0 saturated carbocycles. The van der Waals surface area contributed by atoms with Gasteiger partial charge in [-0.2, -0.15) is 0 Å². The lowest BCUT2D eigenvalue weighted by Gasteiger charge is -2.28. The van der Waals surface area contributed by atoms with Gasteiger partial charge < -0.3 is 44.0 Å². The molecule has 0 radical (unpaired) electrons. The third-order valence-corrected chi connectivity index (χ3v) is 5.91. The zero-order chi connectivity index (χ0) is 28.0. The van der Waals surface area contributed by atoms with E-state index in [0.29, 0.717) is 19.3 Å². The molecule has 0 aliphatic carbocycles. The molecule has 36 heavy (non-hydrogen) atoms. The molecule has 14 nitrogen and oxygen atoms in total. The lowest BCUT2D eigenvalue weighted by molar-refractivity contribution is -0.144. The number of nitrogens with two attached hydrogens (primary N) is 4. The standard InChI is InChI=1S/C22H42N8O6/c1-5-11(3)16(29-18(32)13(23)10-15(24)31)20(34)28-14(8-7-9-27-22(25)26)19(33)30-17(21(35)36)12(4)6-2/h11-14,16-17H,5-10,23H2,1-4H3,(H2,24,31)(H,28,34)(H,29,32)(H,30,33)(H,35,36)(H4,25,26,27). The Bertz CT molecular complexity index is 801. The molecule has 6 atom stereocenters. The fraction of sp³-hybridized carbons (Fsp3) is 0.727. The average Bonchev–Trinajstić information content (AvgIpc) is 2.80. The molecule has 0 fully saturated rings. The number of rotatable bonds is 17. The Labute approximate surface area is 211 Å². The van der Waals surface area contributed by atoms with Gasteiger partial charge in [0, 0.05) is 6.54 Å². The highest BCUT2D eigenvalue weighted by Crippen LogP contribution is 2.12. The van der Waals surface area contributed by atoms with Gasteiger partial charge >= 0.3 is 5.97 Å². The minimum Gasteiger partial charge on any atom is -0.480 e. The summed E-state index contributed by atoms with van der Waals surface area (Å²) in [5.41, 5.74) is 21.4. The topological polar surface area (TPSA) is 258 Å². The Morgan fingerprint density at radius 3 is 1.83 bits per heavy atom.